The van der Waals surface area contributed by atoms with E-state index in [-0.39, 0.29) is 37.8 Å². The summed E-state index contributed by atoms with van der Waals surface area (Å²) in [6.07, 6.45) is 3.73. The summed E-state index contributed by atoms with van der Waals surface area (Å²) < 4.78 is 33.3. The number of fused-ring (bicyclic) bond motifs is 1. The molecule has 0 aliphatic carbocycles. The number of carbonyl (C=O) groups is 5. The van der Waals surface area contributed by atoms with Crippen LogP contribution >= 0.6 is 0 Å². The minimum atomic E-state index is -1.26. The summed E-state index contributed by atoms with van der Waals surface area (Å²) in [5, 5.41) is 19.3. The monoisotopic (exact) mass is 1010 g/mol. The molecule has 0 saturated carbocycles. The van der Waals surface area contributed by atoms with E-state index >= 15 is 0 Å². The SMILES string of the molecule is COc1cc(Cc2cnc(N)nc2N)cc(/C=C/C(=O)N2N=Cc3ccccc3[C@H]2c2ccc(COC(=O)[C@H](CCCN(C(=N)NC(=O)OC(C)(C)C)C(=O)OC(C)(C)C)NC(=O)OC(C)(C)C)cc2)c1OC. The highest BCUT2D eigenvalue weighted by atomic mass is 16.6. The molecule has 21 nitrogen and oxygen atoms in total. The third-order valence-electron chi connectivity index (χ3n) is 10.4. The normalized spacial score (nSPS) is 13.8. The van der Waals surface area contributed by atoms with Crippen molar-refractivity contribution in [2.75, 3.05) is 32.2 Å². The number of nitrogens with zero attached hydrogens (tertiary/aromatic N) is 5. The maximum Gasteiger partial charge on any atom is 0.417 e. The van der Waals surface area contributed by atoms with Crippen molar-refractivity contribution in [1.29, 1.82) is 5.41 Å². The van der Waals surface area contributed by atoms with Crippen molar-refractivity contribution in [3.05, 3.63) is 112 Å². The zero-order valence-electron chi connectivity index (χ0n) is 43.2. The van der Waals surface area contributed by atoms with Gasteiger partial charge in [-0.3, -0.25) is 15.5 Å². The number of hydrogen-bond acceptors (Lipinski definition) is 17. The summed E-state index contributed by atoms with van der Waals surface area (Å²) in [6, 6.07) is 16.4. The first kappa shape index (κ1) is 55.7. The van der Waals surface area contributed by atoms with Crippen molar-refractivity contribution >= 4 is 60.2 Å². The van der Waals surface area contributed by atoms with E-state index in [9.17, 15) is 24.0 Å². The van der Waals surface area contributed by atoms with Crippen LogP contribution < -0.4 is 31.6 Å². The standard InChI is InChI=1S/C52H66N10O11/c1-50(2,3)71-47(65)58-38(17-14-24-61(49(67)73-52(7,8)9)46(55)60-48(66)72-51(4,5)6)44(64)70-30-31-18-20-33(21-19-31)41-37-16-13-12-15-35(37)29-57-62(41)40(63)23-22-34-25-32(27-39(68-10)42(34)69-11)26-36-28-56-45(54)59-43(36)53/h12-13,15-16,18-23,25,27-29,38,41H,14,17,24,26,30H2,1-11H3,(H,58,65)(H2,55,60,66)(H4,53,54,56,59)/b23-22+/t38-,41+/m0/s1. The van der Waals surface area contributed by atoms with Crippen LogP contribution in [0.3, 0.4) is 0 Å². The first-order valence-electron chi connectivity index (χ1n) is 23.3. The lowest BCUT2D eigenvalue weighted by Gasteiger charge is -2.31. The molecule has 4 amide bonds. The number of rotatable bonds is 15. The molecule has 21 heteroatoms. The van der Waals surface area contributed by atoms with Gasteiger partial charge in [0.2, 0.25) is 11.9 Å². The average molecular weight is 1010 g/mol. The number of nitrogen functional groups attached to an aromatic ring is 2. The van der Waals surface area contributed by atoms with E-state index in [1.165, 1.54) is 25.3 Å². The Morgan fingerprint density at radius 3 is 2.14 bits per heavy atom. The molecule has 1 aliphatic rings. The summed E-state index contributed by atoms with van der Waals surface area (Å²) in [6.45, 7) is 14.5. The van der Waals surface area contributed by atoms with E-state index in [4.69, 9.17) is 45.3 Å². The van der Waals surface area contributed by atoms with Crippen molar-refractivity contribution in [1.82, 2.24) is 30.5 Å². The first-order chi connectivity index (χ1) is 34.2. The fourth-order valence-electron chi connectivity index (χ4n) is 7.29. The molecule has 0 spiro atoms. The third-order valence-corrected chi connectivity index (χ3v) is 10.4. The number of anilines is 2. The van der Waals surface area contributed by atoms with Crippen molar-refractivity contribution in [3.63, 3.8) is 0 Å². The number of hydrogen-bond donors (Lipinski definition) is 5. The molecule has 390 valence electrons. The molecule has 1 aromatic heterocycles. The van der Waals surface area contributed by atoms with Crippen LogP contribution in [0.2, 0.25) is 0 Å². The van der Waals surface area contributed by atoms with E-state index in [0.717, 1.165) is 21.6 Å². The molecule has 3 aromatic carbocycles. The highest BCUT2D eigenvalue weighted by Gasteiger charge is 2.32. The molecular formula is C52H66N10O11. The number of carbonyl (C=O) groups excluding carboxylic acids is 5. The predicted molar refractivity (Wildman–Crippen MR) is 274 cm³/mol. The van der Waals surface area contributed by atoms with E-state index in [2.05, 4.69) is 25.7 Å². The van der Waals surface area contributed by atoms with Crippen molar-refractivity contribution in [2.45, 2.75) is 117 Å². The average Bonchev–Trinajstić information content (AvgIpc) is 3.29. The quantitative estimate of drug-likeness (QED) is 0.0251. The summed E-state index contributed by atoms with van der Waals surface area (Å²) in [5.74, 6) is -0.724. The molecule has 4 aromatic rings. The molecule has 2 heterocycles. The van der Waals surface area contributed by atoms with E-state index in [0.29, 0.717) is 40.2 Å². The number of nitrogens with two attached hydrogens (primary N) is 2. The molecule has 5 rings (SSSR count). The second-order valence-electron chi connectivity index (χ2n) is 19.8. The Labute approximate surface area is 425 Å². The van der Waals surface area contributed by atoms with E-state index in [1.807, 2.05) is 30.3 Å². The van der Waals surface area contributed by atoms with Gasteiger partial charge in [0.1, 0.15) is 41.3 Å². The number of alkyl carbamates (subject to hydrolysis) is 2. The second-order valence-corrected chi connectivity index (χ2v) is 19.8. The largest absolute Gasteiger partial charge is 0.493 e. The molecule has 73 heavy (non-hydrogen) atoms. The Morgan fingerprint density at radius 1 is 0.849 bits per heavy atom. The minimum absolute atomic E-state index is 0.0294. The Morgan fingerprint density at radius 2 is 1.51 bits per heavy atom. The molecule has 0 radical (unpaired) electrons. The summed E-state index contributed by atoms with van der Waals surface area (Å²) in [7, 11) is 3.02. The van der Waals surface area contributed by atoms with Gasteiger partial charge in [-0.25, -0.2) is 34.1 Å². The molecule has 0 bridgehead atoms. The topological polar surface area (TPSA) is 285 Å². The maximum absolute atomic E-state index is 14.2. The minimum Gasteiger partial charge on any atom is -0.493 e. The van der Waals surface area contributed by atoms with Gasteiger partial charge in [0.15, 0.2) is 11.5 Å². The lowest BCUT2D eigenvalue weighted by molar-refractivity contribution is -0.147. The number of benzene rings is 3. The smallest absolute Gasteiger partial charge is 0.417 e. The number of guanidine groups is 1. The number of nitrogens with one attached hydrogen (secondary N) is 3. The van der Waals surface area contributed by atoms with Crippen molar-refractivity contribution in [2.24, 2.45) is 5.10 Å². The molecular weight excluding hydrogens is 941 g/mol. The zero-order chi connectivity index (χ0) is 53.8. The lowest BCUT2D eigenvalue weighted by atomic mass is 9.92. The summed E-state index contributed by atoms with van der Waals surface area (Å²) in [5.41, 5.74) is 14.0. The Balaban J connectivity index is 1.33. The second kappa shape index (κ2) is 23.8. The number of amides is 4. The summed E-state index contributed by atoms with van der Waals surface area (Å²) in [4.78, 5) is 75.7. The summed E-state index contributed by atoms with van der Waals surface area (Å²) >= 11 is 0. The third kappa shape index (κ3) is 16.4. The van der Waals surface area contributed by atoms with Crippen LogP contribution in [-0.2, 0) is 41.6 Å². The molecule has 0 fully saturated rings. The molecule has 7 N–H and O–H groups in total. The van der Waals surface area contributed by atoms with Gasteiger partial charge in [0.25, 0.3) is 5.91 Å². The van der Waals surface area contributed by atoms with Gasteiger partial charge in [0.05, 0.1) is 20.4 Å². The van der Waals surface area contributed by atoms with Crippen LogP contribution in [0, 0.1) is 5.41 Å². The van der Waals surface area contributed by atoms with Gasteiger partial charge in [-0.15, -0.1) is 0 Å². The Hall–Kier alpha value is -8.23. The lowest BCUT2D eigenvalue weighted by Crippen LogP contribution is -2.50. The number of ether oxygens (including phenoxy) is 6. The maximum atomic E-state index is 14.2. The predicted octanol–water partition coefficient (Wildman–Crippen LogP) is 7.64. The van der Waals surface area contributed by atoms with Crippen LogP contribution in [0.4, 0.5) is 26.1 Å². The molecule has 0 unspecified atom stereocenters. The number of methoxy groups -OCH3 is 2. The highest BCUT2D eigenvalue weighted by molar-refractivity contribution is 6.00. The highest BCUT2D eigenvalue weighted by Crippen LogP contribution is 2.37. The molecule has 0 saturated heterocycles. The molecule has 1 aliphatic heterocycles. The van der Waals surface area contributed by atoms with E-state index in [1.54, 1.807) is 111 Å². The number of hydrazone groups is 1. The fourth-order valence-corrected chi connectivity index (χ4v) is 7.29. The van der Waals surface area contributed by atoms with Gasteiger partial charge in [-0.1, -0.05) is 48.5 Å². The van der Waals surface area contributed by atoms with Crippen LogP contribution in [0.25, 0.3) is 6.08 Å². The number of aromatic nitrogens is 2. The molecule has 2 atom stereocenters. The van der Waals surface area contributed by atoms with Gasteiger partial charge in [-0.05, 0) is 116 Å². The zero-order valence-corrected chi connectivity index (χ0v) is 43.2. The van der Waals surface area contributed by atoms with E-state index < -0.39 is 65.0 Å². The van der Waals surface area contributed by atoms with Crippen molar-refractivity contribution in [3.8, 4) is 11.5 Å². The van der Waals surface area contributed by atoms with Crippen LogP contribution in [0.15, 0.2) is 78.0 Å². The van der Waals surface area contributed by atoms with Gasteiger partial charge < -0.3 is 45.2 Å². The Kier molecular flexibility index (Phi) is 18.1. The first-order valence-corrected chi connectivity index (χ1v) is 23.3. The van der Waals surface area contributed by atoms with Gasteiger partial charge in [0, 0.05) is 41.9 Å². The van der Waals surface area contributed by atoms with Crippen LogP contribution in [0.1, 0.15) is 120 Å². The van der Waals surface area contributed by atoms with Crippen LogP contribution in [0.5, 0.6) is 11.5 Å². The van der Waals surface area contributed by atoms with Gasteiger partial charge >= 0.3 is 24.2 Å². The van der Waals surface area contributed by atoms with Gasteiger partial charge in [-0.2, -0.15) is 10.1 Å². The van der Waals surface area contributed by atoms with Crippen molar-refractivity contribution < 1.29 is 52.4 Å². The van der Waals surface area contributed by atoms with Crippen LogP contribution in [-0.4, -0.2) is 106 Å². The Bertz CT molecular complexity index is 2720. The fraction of sp³-hybridized carbons (Fsp3) is 0.404. The number of esters is 1.